The van der Waals surface area contributed by atoms with Crippen LogP contribution in [0, 0.1) is 25.7 Å². The molecule has 100 valence electrons. The van der Waals surface area contributed by atoms with E-state index < -0.39 is 0 Å². The number of rotatable bonds is 2. The zero-order valence-electron chi connectivity index (χ0n) is 11.7. The molecule has 0 aliphatic heterocycles. The molecular formula is C18H16ClN. The van der Waals surface area contributed by atoms with Crippen LogP contribution < -0.4 is 0 Å². The Morgan fingerprint density at radius 2 is 1.95 bits per heavy atom. The van der Waals surface area contributed by atoms with Gasteiger partial charge in [0.15, 0.2) is 0 Å². The highest BCUT2D eigenvalue weighted by Gasteiger charge is 1.94. The van der Waals surface area contributed by atoms with Crippen molar-refractivity contribution in [2.75, 3.05) is 6.54 Å². The molecule has 0 aliphatic rings. The first-order valence-electron chi connectivity index (χ1n) is 6.47. The zero-order valence-corrected chi connectivity index (χ0v) is 12.4. The highest BCUT2D eigenvalue weighted by molar-refractivity contribution is 6.33. The molecule has 0 bridgehead atoms. The monoisotopic (exact) mass is 281 g/mol. The van der Waals surface area contributed by atoms with E-state index in [0.29, 0.717) is 11.6 Å². The number of halogens is 1. The lowest BCUT2D eigenvalue weighted by molar-refractivity contribution is 1.30. The van der Waals surface area contributed by atoms with Crippen LogP contribution in [0.4, 0.5) is 0 Å². The molecule has 2 heteroatoms. The Bertz CT molecular complexity index is 690. The Morgan fingerprint density at radius 1 is 1.15 bits per heavy atom. The van der Waals surface area contributed by atoms with Crippen molar-refractivity contribution in [2.45, 2.75) is 13.8 Å². The molecule has 0 heterocycles. The number of nitrogens with zero attached hydrogens (tertiary/aromatic N) is 1. The van der Waals surface area contributed by atoms with E-state index in [1.807, 2.05) is 24.3 Å². The summed E-state index contributed by atoms with van der Waals surface area (Å²) in [5, 5.41) is 0.707. The van der Waals surface area contributed by atoms with Gasteiger partial charge in [-0.05, 0) is 31.5 Å². The SMILES string of the molecule is Cc1ccc(C#CCN=Cc2ccccc2Cl)c(C)c1. The van der Waals surface area contributed by atoms with Crippen LogP contribution in [0.5, 0.6) is 0 Å². The highest BCUT2D eigenvalue weighted by atomic mass is 35.5. The summed E-state index contributed by atoms with van der Waals surface area (Å²) in [5.41, 5.74) is 4.43. The summed E-state index contributed by atoms with van der Waals surface area (Å²) in [6, 6.07) is 13.9. The first-order valence-corrected chi connectivity index (χ1v) is 6.85. The topological polar surface area (TPSA) is 12.4 Å². The molecule has 0 saturated carbocycles. The molecule has 2 aromatic carbocycles. The zero-order chi connectivity index (χ0) is 14.4. The highest BCUT2D eigenvalue weighted by Crippen LogP contribution is 2.12. The van der Waals surface area contributed by atoms with E-state index in [1.165, 1.54) is 11.1 Å². The van der Waals surface area contributed by atoms with E-state index >= 15 is 0 Å². The Hall–Kier alpha value is -2.04. The van der Waals surface area contributed by atoms with Crippen molar-refractivity contribution in [3.05, 3.63) is 69.7 Å². The minimum Gasteiger partial charge on any atom is -0.280 e. The molecule has 20 heavy (non-hydrogen) atoms. The van der Waals surface area contributed by atoms with Crippen LogP contribution in [0.3, 0.4) is 0 Å². The van der Waals surface area contributed by atoms with Gasteiger partial charge < -0.3 is 0 Å². The summed E-state index contributed by atoms with van der Waals surface area (Å²) < 4.78 is 0. The molecule has 0 radical (unpaired) electrons. The summed E-state index contributed by atoms with van der Waals surface area (Å²) in [6.45, 7) is 4.63. The van der Waals surface area contributed by atoms with Crippen molar-refractivity contribution in [3.63, 3.8) is 0 Å². The third-order valence-corrected chi connectivity index (χ3v) is 3.26. The average molecular weight is 282 g/mol. The summed E-state index contributed by atoms with van der Waals surface area (Å²) in [6.07, 6.45) is 1.76. The van der Waals surface area contributed by atoms with Gasteiger partial charge in [-0.25, -0.2) is 0 Å². The van der Waals surface area contributed by atoms with Crippen LogP contribution in [0.1, 0.15) is 22.3 Å². The third kappa shape index (κ3) is 3.98. The second-order valence-electron chi connectivity index (χ2n) is 4.61. The smallest absolute Gasteiger partial charge is 0.100 e. The van der Waals surface area contributed by atoms with Crippen molar-refractivity contribution >= 4 is 17.8 Å². The quantitative estimate of drug-likeness (QED) is 0.570. The molecule has 0 aliphatic carbocycles. The summed E-state index contributed by atoms with van der Waals surface area (Å²) >= 11 is 6.04. The largest absolute Gasteiger partial charge is 0.280 e. The van der Waals surface area contributed by atoms with Gasteiger partial charge >= 0.3 is 0 Å². The van der Waals surface area contributed by atoms with Gasteiger partial charge in [-0.1, -0.05) is 59.3 Å². The van der Waals surface area contributed by atoms with Crippen LogP contribution in [0.2, 0.25) is 5.02 Å². The predicted octanol–water partition coefficient (Wildman–Crippen LogP) is 4.43. The van der Waals surface area contributed by atoms with Crippen LogP contribution in [-0.2, 0) is 0 Å². The van der Waals surface area contributed by atoms with Gasteiger partial charge in [0.2, 0.25) is 0 Å². The molecule has 0 unspecified atom stereocenters. The van der Waals surface area contributed by atoms with Crippen molar-refractivity contribution in [2.24, 2.45) is 4.99 Å². The third-order valence-electron chi connectivity index (χ3n) is 2.91. The first kappa shape index (κ1) is 14.4. The van der Waals surface area contributed by atoms with Gasteiger partial charge in [-0.2, -0.15) is 0 Å². The van der Waals surface area contributed by atoms with Gasteiger partial charge in [-0.3, -0.25) is 4.99 Å². The maximum atomic E-state index is 6.04. The molecule has 0 saturated heterocycles. The lowest BCUT2D eigenvalue weighted by atomic mass is 10.1. The standard InChI is InChI=1S/C18H16ClN/c1-14-9-10-16(15(2)12-14)7-5-11-20-13-17-6-3-4-8-18(17)19/h3-4,6,8-10,12-13H,11H2,1-2H3. The van der Waals surface area contributed by atoms with E-state index in [1.54, 1.807) is 6.21 Å². The summed E-state index contributed by atoms with van der Waals surface area (Å²) in [4.78, 5) is 4.28. The number of aryl methyl sites for hydroxylation is 2. The van der Waals surface area contributed by atoms with Crippen LogP contribution in [0.25, 0.3) is 0 Å². The molecule has 0 aromatic heterocycles. The van der Waals surface area contributed by atoms with Crippen LogP contribution in [0.15, 0.2) is 47.5 Å². The van der Waals surface area contributed by atoms with Gasteiger partial charge in [0.1, 0.15) is 6.54 Å². The molecule has 0 N–H and O–H groups in total. The van der Waals surface area contributed by atoms with Gasteiger partial charge in [0, 0.05) is 22.4 Å². The van der Waals surface area contributed by atoms with E-state index in [0.717, 1.165) is 11.1 Å². The van der Waals surface area contributed by atoms with Crippen molar-refractivity contribution < 1.29 is 0 Å². The molecule has 0 amide bonds. The molecule has 0 fully saturated rings. The number of hydrogen-bond donors (Lipinski definition) is 0. The Labute approximate surface area is 125 Å². The number of hydrogen-bond acceptors (Lipinski definition) is 1. The minimum atomic E-state index is 0.471. The fourth-order valence-corrected chi connectivity index (χ4v) is 2.04. The van der Waals surface area contributed by atoms with E-state index in [9.17, 15) is 0 Å². The van der Waals surface area contributed by atoms with Crippen molar-refractivity contribution in [3.8, 4) is 11.8 Å². The maximum Gasteiger partial charge on any atom is 0.100 e. The van der Waals surface area contributed by atoms with E-state index in [2.05, 4.69) is 48.9 Å². The minimum absolute atomic E-state index is 0.471. The fourth-order valence-electron chi connectivity index (χ4n) is 1.86. The van der Waals surface area contributed by atoms with Crippen molar-refractivity contribution in [1.29, 1.82) is 0 Å². The molecule has 2 aromatic rings. The van der Waals surface area contributed by atoms with Gasteiger partial charge in [0.25, 0.3) is 0 Å². The molecule has 1 nitrogen and oxygen atoms in total. The van der Waals surface area contributed by atoms with Crippen LogP contribution >= 0.6 is 11.6 Å². The molecular weight excluding hydrogens is 266 g/mol. The molecule has 2 rings (SSSR count). The Kier molecular flexibility index (Phi) is 4.98. The predicted molar refractivity (Wildman–Crippen MR) is 86.7 cm³/mol. The fraction of sp³-hybridized carbons (Fsp3) is 0.167. The maximum absolute atomic E-state index is 6.04. The lowest BCUT2D eigenvalue weighted by Gasteiger charge is -1.98. The number of benzene rings is 2. The van der Waals surface area contributed by atoms with E-state index in [4.69, 9.17) is 11.6 Å². The normalized spacial score (nSPS) is 10.3. The summed E-state index contributed by atoms with van der Waals surface area (Å²) in [5.74, 6) is 6.20. The van der Waals surface area contributed by atoms with E-state index in [-0.39, 0.29) is 0 Å². The van der Waals surface area contributed by atoms with Crippen molar-refractivity contribution in [1.82, 2.24) is 0 Å². The average Bonchev–Trinajstić information content (AvgIpc) is 2.42. The summed E-state index contributed by atoms with van der Waals surface area (Å²) in [7, 11) is 0. The Balaban J connectivity index is 2.00. The number of aliphatic imine (C=N–C) groups is 1. The molecule has 0 spiro atoms. The second kappa shape index (κ2) is 6.93. The first-order chi connectivity index (χ1) is 9.66. The van der Waals surface area contributed by atoms with Gasteiger partial charge in [-0.15, -0.1) is 0 Å². The Morgan fingerprint density at radius 3 is 2.70 bits per heavy atom. The van der Waals surface area contributed by atoms with Crippen LogP contribution in [-0.4, -0.2) is 12.8 Å². The molecule has 0 atom stereocenters. The second-order valence-corrected chi connectivity index (χ2v) is 5.02. The van der Waals surface area contributed by atoms with Gasteiger partial charge in [0.05, 0.1) is 0 Å². The lowest BCUT2D eigenvalue weighted by Crippen LogP contribution is -1.85.